The zero-order chi connectivity index (χ0) is 14.8. The summed E-state index contributed by atoms with van der Waals surface area (Å²) >= 11 is 0. The zero-order valence-electron chi connectivity index (χ0n) is 11.4. The summed E-state index contributed by atoms with van der Waals surface area (Å²) in [4.78, 5) is 13.6. The average molecular weight is 337 g/mol. The summed E-state index contributed by atoms with van der Waals surface area (Å²) in [6.07, 6.45) is 2.44. The second-order valence-corrected chi connectivity index (χ2v) is 6.46. The zero-order valence-corrected chi connectivity index (χ0v) is 13.1. The molecular formula is C11H17ClN4O4S. The molecule has 1 aliphatic heterocycles. The Balaban J connectivity index is 0.00000220. The Morgan fingerprint density at radius 3 is 2.43 bits per heavy atom. The van der Waals surface area contributed by atoms with Gasteiger partial charge in [0.05, 0.1) is 4.92 Å². The third-order valence-corrected chi connectivity index (χ3v) is 5.21. The number of rotatable bonds is 4. The molecule has 118 valence electrons. The number of sulfonamides is 1. The van der Waals surface area contributed by atoms with Crippen molar-refractivity contribution in [2.24, 2.45) is 0 Å². The van der Waals surface area contributed by atoms with Gasteiger partial charge in [-0.25, -0.2) is 13.4 Å². The van der Waals surface area contributed by atoms with E-state index in [1.807, 2.05) is 7.05 Å². The first kappa shape index (κ1) is 17.8. The fraction of sp³-hybridized carbons (Fsp3) is 0.545. The SMILES string of the molecule is CNC1CCN(S(=O)(=O)c2ccc([N+](=O)[O-])cn2)CC1.Cl. The van der Waals surface area contributed by atoms with E-state index < -0.39 is 14.9 Å². The Labute approximate surface area is 129 Å². The standard InChI is InChI=1S/C11H16N4O4S.ClH/c1-12-9-4-6-14(7-5-9)20(18,19)11-3-2-10(8-13-11)15(16)17;/h2-3,8-9,12H,4-7H2,1H3;1H. The van der Waals surface area contributed by atoms with Crippen LogP contribution in [0.3, 0.4) is 0 Å². The van der Waals surface area contributed by atoms with E-state index in [2.05, 4.69) is 10.3 Å². The summed E-state index contributed by atoms with van der Waals surface area (Å²) in [5, 5.41) is 13.5. The lowest BCUT2D eigenvalue weighted by molar-refractivity contribution is -0.385. The number of pyridine rings is 1. The van der Waals surface area contributed by atoms with Crippen LogP contribution in [0.1, 0.15) is 12.8 Å². The van der Waals surface area contributed by atoms with Crippen molar-refractivity contribution in [3.05, 3.63) is 28.4 Å². The van der Waals surface area contributed by atoms with E-state index in [0.717, 1.165) is 25.1 Å². The highest BCUT2D eigenvalue weighted by Gasteiger charge is 2.30. The van der Waals surface area contributed by atoms with Crippen molar-refractivity contribution in [3.8, 4) is 0 Å². The highest BCUT2D eigenvalue weighted by atomic mass is 35.5. The normalized spacial score (nSPS) is 17.2. The molecule has 1 saturated heterocycles. The lowest BCUT2D eigenvalue weighted by atomic mass is 10.1. The van der Waals surface area contributed by atoms with Crippen molar-refractivity contribution in [1.82, 2.24) is 14.6 Å². The molecule has 1 aromatic rings. The third kappa shape index (κ3) is 3.88. The van der Waals surface area contributed by atoms with E-state index in [0.29, 0.717) is 19.1 Å². The predicted octanol–water partition coefficient (Wildman–Crippen LogP) is 0.784. The fourth-order valence-electron chi connectivity index (χ4n) is 2.15. The van der Waals surface area contributed by atoms with E-state index in [9.17, 15) is 18.5 Å². The molecule has 0 amide bonds. The first-order valence-electron chi connectivity index (χ1n) is 6.23. The molecule has 0 unspecified atom stereocenters. The van der Waals surface area contributed by atoms with Crippen LogP contribution in [0.4, 0.5) is 5.69 Å². The van der Waals surface area contributed by atoms with Crippen molar-refractivity contribution < 1.29 is 13.3 Å². The van der Waals surface area contributed by atoms with E-state index in [1.165, 1.54) is 10.4 Å². The van der Waals surface area contributed by atoms with E-state index in [1.54, 1.807) is 0 Å². The monoisotopic (exact) mass is 336 g/mol. The Morgan fingerprint density at radius 1 is 1.38 bits per heavy atom. The number of halogens is 1. The third-order valence-electron chi connectivity index (χ3n) is 3.40. The van der Waals surface area contributed by atoms with Gasteiger partial charge in [0.25, 0.3) is 15.7 Å². The predicted molar refractivity (Wildman–Crippen MR) is 79.0 cm³/mol. The van der Waals surface area contributed by atoms with Crippen molar-refractivity contribution in [2.45, 2.75) is 23.9 Å². The number of hydrogen-bond donors (Lipinski definition) is 1. The molecule has 1 aromatic heterocycles. The first-order chi connectivity index (χ1) is 9.45. The molecular weight excluding hydrogens is 320 g/mol. The van der Waals surface area contributed by atoms with Gasteiger partial charge in [-0.2, -0.15) is 4.31 Å². The minimum Gasteiger partial charge on any atom is -0.317 e. The van der Waals surface area contributed by atoms with Gasteiger partial charge in [-0.15, -0.1) is 12.4 Å². The molecule has 0 bridgehead atoms. The second-order valence-electron chi connectivity index (χ2n) is 4.58. The van der Waals surface area contributed by atoms with Crippen molar-refractivity contribution >= 4 is 28.1 Å². The lowest BCUT2D eigenvalue weighted by Gasteiger charge is -2.30. The van der Waals surface area contributed by atoms with Crippen LogP contribution in [0.25, 0.3) is 0 Å². The molecule has 0 atom stereocenters. The number of piperidine rings is 1. The summed E-state index contributed by atoms with van der Waals surface area (Å²) in [7, 11) is -1.81. The van der Waals surface area contributed by atoms with Gasteiger partial charge in [0.1, 0.15) is 6.20 Å². The Bertz CT molecular complexity index is 585. The summed E-state index contributed by atoms with van der Waals surface area (Å²) in [6, 6.07) is 2.66. The second kappa shape index (κ2) is 7.12. The smallest absolute Gasteiger partial charge is 0.287 e. The fourth-order valence-corrected chi connectivity index (χ4v) is 3.53. The molecule has 0 aromatic carbocycles. The molecule has 1 fully saturated rings. The molecule has 1 aliphatic rings. The van der Waals surface area contributed by atoms with Gasteiger partial charge in [-0.1, -0.05) is 0 Å². The number of nitrogens with zero attached hydrogens (tertiary/aromatic N) is 3. The van der Waals surface area contributed by atoms with Crippen LogP contribution in [0.2, 0.25) is 0 Å². The maximum Gasteiger partial charge on any atom is 0.287 e. The maximum atomic E-state index is 12.3. The highest BCUT2D eigenvalue weighted by Crippen LogP contribution is 2.20. The molecule has 0 saturated carbocycles. The van der Waals surface area contributed by atoms with E-state index >= 15 is 0 Å². The van der Waals surface area contributed by atoms with Gasteiger partial charge in [-0.3, -0.25) is 10.1 Å². The summed E-state index contributed by atoms with van der Waals surface area (Å²) in [5.74, 6) is 0. The average Bonchev–Trinajstić information content (AvgIpc) is 2.47. The summed E-state index contributed by atoms with van der Waals surface area (Å²) in [5.41, 5.74) is -0.224. The van der Waals surface area contributed by atoms with Crippen molar-refractivity contribution in [3.63, 3.8) is 0 Å². The first-order valence-corrected chi connectivity index (χ1v) is 7.67. The maximum absolute atomic E-state index is 12.3. The number of nitrogens with one attached hydrogen (secondary N) is 1. The van der Waals surface area contributed by atoms with Crippen LogP contribution >= 0.6 is 12.4 Å². The van der Waals surface area contributed by atoms with Gasteiger partial charge >= 0.3 is 0 Å². The Hall–Kier alpha value is -1.29. The molecule has 0 radical (unpaired) electrons. The van der Waals surface area contributed by atoms with Crippen LogP contribution in [-0.4, -0.2) is 48.8 Å². The van der Waals surface area contributed by atoms with Crippen LogP contribution in [0.15, 0.2) is 23.4 Å². The minimum atomic E-state index is -3.66. The molecule has 0 spiro atoms. The molecule has 8 nitrogen and oxygen atoms in total. The number of aromatic nitrogens is 1. The minimum absolute atomic E-state index is 0. The van der Waals surface area contributed by atoms with Gasteiger partial charge < -0.3 is 5.32 Å². The lowest BCUT2D eigenvalue weighted by Crippen LogP contribution is -2.44. The molecule has 2 rings (SSSR count). The van der Waals surface area contributed by atoms with E-state index in [4.69, 9.17) is 0 Å². The summed E-state index contributed by atoms with van der Waals surface area (Å²) in [6.45, 7) is 0.846. The summed E-state index contributed by atoms with van der Waals surface area (Å²) < 4.78 is 26.0. The highest BCUT2D eigenvalue weighted by molar-refractivity contribution is 7.89. The van der Waals surface area contributed by atoms with Gasteiger partial charge in [0.2, 0.25) is 0 Å². The molecule has 2 heterocycles. The van der Waals surface area contributed by atoms with Gasteiger partial charge in [-0.05, 0) is 26.0 Å². The van der Waals surface area contributed by atoms with Crippen LogP contribution in [0, 0.1) is 10.1 Å². The topological polar surface area (TPSA) is 105 Å². The molecule has 0 aliphatic carbocycles. The molecule has 1 N–H and O–H groups in total. The largest absolute Gasteiger partial charge is 0.317 e. The molecule has 10 heteroatoms. The Kier molecular flexibility index (Phi) is 6.02. The van der Waals surface area contributed by atoms with E-state index in [-0.39, 0.29) is 23.1 Å². The number of hydrogen-bond acceptors (Lipinski definition) is 6. The van der Waals surface area contributed by atoms with Gasteiger partial charge in [0, 0.05) is 25.2 Å². The Morgan fingerprint density at radius 2 is 2.00 bits per heavy atom. The van der Waals surface area contributed by atoms with Crippen molar-refractivity contribution in [2.75, 3.05) is 20.1 Å². The number of nitro groups is 1. The van der Waals surface area contributed by atoms with Crippen LogP contribution in [0.5, 0.6) is 0 Å². The van der Waals surface area contributed by atoms with Crippen LogP contribution in [-0.2, 0) is 10.0 Å². The van der Waals surface area contributed by atoms with Crippen molar-refractivity contribution in [1.29, 1.82) is 0 Å². The quantitative estimate of drug-likeness (QED) is 0.643. The van der Waals surface area contributed by atoms with Gasteiger partial charge in [0.15, 0.2) is 5.03 Å². The van der Waals surface area contributed by atoms with Crippen LogP contribution < -0.4 is 5.32 Å². The molecule has 21 heavy (non-hydrogen) atoms.